The summed E-state index contributed by atoms with van der Waals surface area (Å²) >= 11 is 5.63. The number of anilines is 2. The zero-order chi connectivity index (χ0) is 18.2. The van der Waals surface area contributed by atoms with Crippen LogP contribution in [0.25, 0.3) is 0 Å². The van der Waals surface area contributed by atoms with E-state index >= 15 is 0 Å². The molecular weight excluding hydrogens is 351 g/mol. The Morgan fingerprint density at radius 2 is 1.92 bits per heavy atom. The van der Waals surface area contributed by atoms with Gasteiger partial charge in [-0.3, -0.25) is 4.79 Å². The monoisotopic (exact) mass is 366 g/mol. The molecule has 0 fully saturated rings. The lowest BCUT2D eigenvalue weighted by atomic mass is 10.2. The Hall–Kier alpha value is -2.64. The highest BCUT2D eigenvalue weighted by Gasteiger charge is 2.15. The molecule has 0 aliphatic rings. The second-order valence-electron chi connectivity index (χ2n) is 4.94. The smallest absolute Gasteiger partial charge is 0.340 e. The lowest BCUT2D eigenvalue weighted by Crippen LogP contribution is -2.22. The number of aliphatic hydroxyl groups excluding tert-OH is 1. The standard InChI is InChI=1S/C17H16ClFN2O4/c18-11-5-6-15(13(19)9-11)21-16(23)10-25-17(24)12-3-1-2-4-14(12)20-7-8-22/h1-6,9,20,22H,7-8,10H2,(H,21,23). The van der Waals surface area contributed by atoms with Gasteiger partial charge in [0.05, 0.1) is 17.9 Å². The molecule has 6 nitrogen and oxygen atoms in total. The number of esters is 1. The van der Waals surface area contributed by atoms with E-state index in [0.717, 1.165) is 6.07 Å². The molecule has 8 heteroatoms. The van der Waals surface area contributed by atoms with Gasteiger partial charge in [-0.05, 0) is 30.3 Å². The fraction of sp³-hybridized carbons (Fsp3) is 0.176. The van der Waals surface area contributed by atoms with Crippen LogP contribution in [0.2, 0.25) is 5.02 Å². The van der Waals surface area contributed by atoms with Gasteiger partial charge in [-0.15, -0.1) is 0 Å². The van der Waals surface area contributed by atoms with Crippen LogP contribution >= 0.6 is 11.6 Å². The Morgan fingerprint density at radius 3 is 2.64 bits per heavy atom. The molecule has 0 unspecified atom stereocenters. The Balaban J connectivity index is 1.94. The van der Waals surface area contributed by atoms with Crippen LogP contribution in [0.3, 0.4) is 0 Å². The van der Waals surface area contributed by atoms with E-state index < -0.39 is 24.3 Å². The van der Waals surface area contributed by atoms with E-state index in [2.05, 4.69) is 10.6 Å². The number of carbonyl (C=O) groups is 2. The summed E-state index contributed by atoms with van der Waals surface area (Å²) in [5, 5.41) is 14.2. The molecule has 2 rings (SSSR count). The average molecular weight is 367 g/mol. The van der Waals surface area contributed by atoms with Gasteiger partial charge < -0.3 is 20.5 Å². The number of nitrogens with one attached hydrogen (secondary N) is 2. The Morgan fingerprint density at radius 1 is 1.16 bits per heavy atom. The summed E-state index contributed by atoms with van der Waals surface area (Å²) < 4.78 is 18.6. The SMILES string of the molecule is O=C(COC(=O)c1ccccc1NCCO)Nc1ccc(Cl)cc1F. The molecule has 0 spiro atoms. The van der Waals surface area contributed by atoms with Gasteiger partial charge >= 0.3 is 5.97 Å². The summed E-state index contributed by atoms with van der Waals surface area (Å²) in [7, 11) is 0. The van der Waals surface area contributed by atoms with Gasteiger partial charge in [-0.2, -0.15) is 0 Å². The third kappa shape index (κ3) is 5.44. The van der Waals surface area contributed by atoms with Crippen LogP contribution in [0, 0.1) is 5.82 Å². The predicted octanol–water partition coefficient (Wildman–Crippen LogP) is 2.68. The molecule has 0 aliphatic carbocycles. The van der Waals surface area contributed by atoms with Crippen LogP contribution in [0.1, 0.15) is 10.4 Å². The first kappa shape index (κ1) is 18.7. The predicted molar refractivity (Wildman–Crippen MR) is 92.3 cm³/mol. The van der Waals surface area contributed by atoms with Gasteiger partial charge in [-0.25, -0.2) is 9.18 Å². The fourth-order valence-electron chi connectivity index (χ4n) is 1.99. The van der Waals surface area contributed by atoms with Crippen molar-refractivity contribution < 1.29 is 23.8 Å². The Kier molecular flexibility index (Phi) is 6.73. The average Bonchev–Trinajstić information content (AvgIpc) is 2.60. The van der Waals surface area contributed by atoms with Crippen molar-refractivity contribution in [2.24, 2.45) is 0 Å². The highest BCUT2D eigenvalue weighted by atomic mass is 35.5. The molecule has 0 saturated carbocycles. The zero-order valence-electron chi connectivity index (χ0n) is 13.1. The quantitative estimate of drug-likeness (QED) is 0.656. The number of halogens is 2. The van der Waals surface area contributed by atoms with Gasteiger partial charge in [0.1, 0.15) is 5.82 Å². The van der Waals surface area contributed by atoms with Crippen LogP contribution in [0.5, 0.6) is 0 Å². The number of carbonyl (C=O) groups excluding carboxylic acids is 2. The van der Waals surface area contributed by atoms with E-state index in [1.165, 1.54) is 18.2 Å². The lowest BCUT2D eigenvalue weighted by molar-refractivity contribution is -0.119. The van der Waals surface area contributed by atoms with Crippen molar-refractivity contribution in [1.82, 2.24) is 0 Å². The number of amides is 1. The minimum absolute atomic E-state index is 0.0598. The molecule has 2 aromatic rings. The van der Waals surface area contributed by atoms with Crippen molar-refractivity contribution >= 4 is 34.9 Å². The van der Waals surface area contributed by atoms with Gasteiger partial charge in [0.15, 0.2) is 6.61 Å². The molecule has 1 amide bonds. The van der Waals surface area contributed by atoms with E-state index in [4.69, 9.17) is 21.4 Å². The molecule has 132 valence electrons. The van der Waals surface area contributed by atoms with Crippen molar-refractivity contribution in [1.29, 1.82) is 0 Å². The first-order valence-electron chi connectivity index (χ1n) is 7.37. The number of benzene rings is 2. The van der Waals surface area contributed by atoms with E-state index in [1.807, 2.05) is 0 Å². The van der Waals surface area contributed by atoms with Crippen molar-refractivity contribution in [3.05, 3.63) is 58.9 Å². The molecule has 3 N–H and O–H groups in total. The van der Waals surface area contributed by atoms with Crippen molar-refractivity contribution in [3.63, 3.8) is 0 Å². The summed E-state index contributed by atoms with van der Waals surface area (Å²) in [6, 6.07) is 10.3. The van der Waals surface area contributed by atoms with Crippen molar-refractivity contribution in [3.8, 4) is 0 Å². The van der Waals surface area contributed by atoms with Crippen molar-refractivity contribution in [2.45, 2.75) is 0 Å². The Bertz CT molecular complexity index is 770. The summed E-state index contributed by atoms with van der Waals surface area (Å²) in [5.74, 6) is -2.09. The van der Waals surface area contributed by atoms with Crippen LogP contribution in [0.15, 0.2) is 42.5 Å². The number of ether oxygens (including phenoxy) is 1. The van der Waals surface area contributed by atoms with E-state index in [-0.39, 0.29) is 29.4 Å². The second kappa shape index (κ2) is 9.00. The normalized spacial score (nSPS) is 10.2. The summed E-state index contributed by atoms with van der Waals surface area (Å²) in [6.07, 6.45) is 0. The highest BCUT2D eigenvalue weighted by Crippen LogP contribution is 2.19. The summed E-state index contributed by atoms with van der Waals surface area (Å²) in [4.78, 5) is 23.9. The maximum atomic E-state index is 13.6. The minimum atomic E-state index is -0.715. The molecule has 0 atom stereocenters. The van der Waals surface area contributed by atoms with Crippen LogP contribution in [-0.2, 0) is 9.53 Å². The van der Waals surface area contributed by atoms with Gasteiger partial charge in [-0.1, -0.05) is 23.7 Å². The molecule has 0 aliphatic heterocycles. The topological polar surface area (TPSA) is 87.7 Å². The number of aliphatic hydroxyl groups is 1. The van der Waals surface area contributed by atoms with Gasteiger partial charge in [0.2, 0.25) is 0 Å². The lowest BCUT2D eigenvalue weighted by Gasteiger charge is -2.11. The molecular formula is C17H16ClFN2O4. The molecule has 0 saturated heterocycles. The number of hydrogen-bond acceptors (Lipinski definition) is 5. The maximum Gasteiger partial charge on any atom is 0.340 e. The third-order valence-electron chi connectivity index (χ3n) is 3.11. The molecule has 0 bridgehead atoms. The zero-order valence-corrected chi connectivity index (χ0v) is 13.8. The number of para-hydroxylation sites is 1. The molecule has 0 aromatic heterocycles. The third-order valence-corrected chi connectivity index (χ3v) is 3.35. The summed E-state index contributed by atoms with van der Waals surface area (Å²) in [6.45, 7) is -0.408. The van der Waals surface area contributed by atoms with E-state index in [0.29, 0.717) is 5.69 Å². The first-order valence-corrected chi connectivity index (χ1v) is 7.75. The number of rotatable bonds is 7. The maximum absolute atomic E-state index is 13.6. The van der Waals surface area contributed by atoms with Crippen LogP contribution in [0.4, 0.5) is 15.8 Å². The summed E-state index contributed by atoms with van der Waals surface area (Å²) in [5.41, 5.74) is 0.641. The first-order chi connectivity index (χ1) is 12.0. The van der Waals surface area contributed by atoms with Crippen molar-refractivity contribution in [2.75, 3.05) is 30.4 Å². The molecule has 25 heavy (non-hydrogen) atoms. The van der Waals surface area contributed by atoms with E-state index in [1.54, 1.807) is 18.2 Å². The molecule has 0 radical (unpaired) electrons. The molecule has 0 heterocycles. The largest absolute Gasteiger partial charge is 0.452 e. The highest BCUT2D eigenvalue weighted by molar-refractivity contribution is 6.30. The number of hydrogen-bond donors (Lipinski definition) is 3. The minimum Gasteiger partial charge on any atom is -0.452 e. The van der Waals surface area contributed by atoms with Gasteiger partial charge in [0, 0.05) is 17.3 Å². The second-order valence-corrected chi connectivity index (χ2v) is 5.38. The molecule has 2 aromatic carbocycles. The van der Waals surface area contributed by atoms with E-state index in [9.17, 15) is 14.0 Å². The van der Waals surface area contributed by atoms with Gasteiger partial charge in [0.25, 0.3) is 5.91 Å². The van der Waals surface area contributed by atoms with Crippen LogP contribution < -0.4 is 10.6 Å². The Labute approximate surface area is 148 Å². The van der Waals surface area contributed by atoms with Crippen LogP contribution in [-0.4, -0.2) is 36.7 Å². The fourth-order valence-corrected chi connectivity index (χ4v) is 2.15.